The zero-order valence-corrected chi connectivity index (χ0v) is 16.2. The first kappa shape index (κ1) is 19.0. The van der Waals surface area contributed by atoms with Crippen LogP contribution in [0.3, 0.4) is 0 Å². The van der Waals surface area contributed by atoms with Gasteiger partial charge < -0.3 is 9.73 Å². The molecule has 0 spiro atoms. The number of hydrogen-bond acceptors (Lipinski definition) is 4. The van der Waals surface area contributed by atoms with Crippen molar-refractivity contribution in [1.82, 2.24) is 10.2 Å². The van der Waals surface area contributed by atoms with Crippen molar-refractivity contribution in [2.45, 2.75) is 18.9 Å². The van der Waals surface area contributed by atoms with Crippen LogP contribution in [0, 0.1) is 11.3 Å². The molecule has 0 aliphatic carbocycles. The van der Waals surface area contributed by atoms with Crippen LogP contribution in [0.25, 0.3) is 11.1 Å². The van der Waals surface area contributed by atoms with Gasteiger partial charge in [-0.3, -0.25) is 9.69 Å². The normalized spacial score (nSPS) is 15.0. The van der Waals surface area contributed by atoms with Crippen LogP contribution in [0.1, 0.15) is 40.6 Å². The minimum Gasteiger partial charge on any atom is -0.468 e. The molecule has 0 bridgehead atoms. The standard InChI is InChI=1S/C24H23N3O2/c25-16-18-8-1-2-9-19(18)20-10-3-4-11-21(20)24(28)26-17-22(23-12-7-15-29-23)27-13-5-6-14-27/h1-4,7-12,15,22H,5-6,13-14,17H2,(H,26,28)/t22-/m0/s1. The zero-order valence-electron chi connectivity index (χ0n) is 16.2. The maximum absolute atomic E-state index is 13.1. The predicted octanol–water partition coefficient (Wildman–Crippen LogP) is 4.39. The fourth-order valence-corrected chi connectivity index (χ4v) is 3.96. The number of nitrogens with zero attached hydrogens (tertiary/aromatic N) is 2. The van der Waals surface area contributed by atoms with Crippen molar-refractivity contribution in [2.24, 2.45) is 0 Å². The van der Waals surface area contributed by atoms with E-state index in [-0.39, 0.29) is 11.9 Å². The van der Waals surface area contributed by atoms with Crippen LogP contribution in [0.5, 0.6) is 0 Å². The van der Waals surface area contributed by atoms with Crippen molar-refractivity contribution < 1.29 is 9.21 Å². The van der Waals surface area contributed by atoms with Gasteiger partial charge in [0.05, 0.1) is 23.9 Å². The highest BCUT2D eigenvalue weighted by Gasteiger charge is 2.26. The maximum atomic E-state index is 13.1. The molecule has 1 amide bonds. The van der Waals surface area contributed by atoms with Crippen molar-refractivity contribution in [2.75, 3.05) is 19.6 Å². The highest BCUT2D eigenvalue weighted by atomic mass is 16.3. The third-order valence-electron chi connectivity index (χ3n) is 5.42. The number of nitriles is 1. The number of furan rings is 1. The second kappa shape index (κ2) is 8.76. The number of benzene rings is 2. The lowest BCUT2D eigenvalue weighted by atomic mass is 9.95. The Bertz CT molecular complexity index is 1010. The Morgan fingerprint density at radius 1 is 1.03 bits per heavy atom. The molecule has 1 N–H and O–H groups in total. The summed E-state index contributed by atoms with van der Waals surface area (Å²) in [5.41, 5.74) is 2.65. The summed E-state index contributed by atoms with van der Waals surface area (Å²) in [6.07, 6.45) is 4.01. The zero-order chi connectivity index (χ0) is 20.1. The topological polar surface area (TPSA) is 69.3 Å². The van der Waals surface area contributed by atoms with Crippen LogP contribution in [-0.4, -0.2) is 30.4 Å². The van der Waals surface area contributed by atoms with Gasteiger partial charge in [0, 0.05) is 17.7 Å². The summed E-state index contributed by atoms with van der Waals surface area (Å²) in [4.78, 5) is 15.4. The molecule has 5 heteroatoms. The number of amides is 1. The first-order valence-corrected chi connectivity index (χ1v) is 9.92. The third-order valence-corrected chi connectivity index (χ3v) is 5.42. The second-order valence-electron chi connectivity index (χ2n) is 7.19. The maximum Gasteiger partial charge on any atom is 0.251 e. The summed E-state index contributed by atoms with van der Waals surface area (Å²) in [5.74, 6) is 0.722. The van der Waals surface area contributed by atoms with Crippen LogP contribution >= 0.6 is 0 Å². The monoisotopic (exact) mass is 385 g/mol. The van der Waals surface area contributed by atoms with Crippen LogP contribution in [0.15, 0.2) is 71.3 Å². The molecule has 2 aromatic carbocycles. The summed E-state index contributed by atoms with van der Waals surface area (Å²) in [5, 5.41) is 12.5. The lowest BCUT2D eigenvalue weighted by Gasteiger charge is -2.26. The average Bonchev–Trinajstić information content (AvgIpc) is 3.49. The smallest absolute Gasteiger partial charge is 0.251 e. The van der Waals surface area contributed by atoms with Gasteiger partial charge in [0.15, 0.2) is 0 Å². The summed E-state index contributed by atoms with van der Waals surface area (Å²) >= 11 is 0. The molecule has 1 aromatic heterocycles. The van der Waals surface area contributed by atoms with Crippen molar-refractivity contribution in [1.29, 1.82) is 5.26 Å². The van der Waals surface area contributed by atoms with Gasteiger partial charge in [0.1, 0.15) is 5.76 Å². The van der Waals surface area contributed by atoms with Crippen molar-refractivity contribution >= 4 is 5.91 Å². The third kappa shape index (κ3) is 4.08. The molecule has 4 rings (SSSR count). The largest absolute Gasteiger partial charge is 0.468 e. The van der Waals surface area contributed by atoms with Gasteiger partial charge in [-0.1, -0.05) is 36.4 Å². The average molecular weight is 385 g/mol. The Hall–Kier alpha value is -3.36. The molecule has 2 heterocycles. The van der Waals surface area contributed by atoms with Gasteiger partial charge in [-0.25, -0.2) is 0 Å². The van der Waals surface area contributed by atoms with E-state index in [1.54, 1.807) is 18.4 Å². The molecule has 5 nitrogen and oxygen atoms in total. The second-order valence-corrected chi connectivity index (χ2v) is 7.19. The van der Waals surface area contributed by atoms with Crippen molar-refractivity contribution in [3.63, 3.8) is 0 Å². The molecule has 146 valence electrons. The minimum atomic E-state index is -0.149. The number of carbonyl (C=O) groups excluding carboxylic acids is 1. The Labute approximate surface area is 170 Å². The lowest BCUT2D eigenvalue weighted by molar-refractivity contribution is 0.0934. The molecule has 0 radical (unpaired) electrons. The van der Waals surface area contributed by atoms with Crippen LogP contribution < -0.4 is 5.32 Å². The summed E-state index contributed by atoms with van der Waals surface area (Å²) < 4.78 is 5.64. The van der Waals surface area contributed by atoms with E-state index < -0.39 is 0 Å². The van der Waals surface area contributed by atoms with E-state index in [0.29, 0.717) is 17.7 Å². The molecular formula is C24H23N3O2. The predicted molar refractivity (Wildman–Crippen MR) is 111 cm³/mol. The number of hydrogen-bond donors (Lipinski definition) is 1. The van der Waals surface area contributed by atoms with Gasteiger partial charge in [-0.2, -0.15) is 5.26 Å². The SMILES string of the molecule is N#Cc1ccccc1-c1ccccc1C(=O)NC[C@@H](c1ccco1)N1CCCC1. The van der Waals surface area contributed by atoms with E-state index in [1.807, 2.05) is 48.5 Å². The van der Waals surface area contributed by atoms with Gasteiger partial charge in [0.2, 0.25) is 0 Å². The van der Waals surface area contributed by atoms with Gasteiger partial charge in [-0.05, 0) is 55.8 Å². The molecule has 1 fully saturated rings. The Morgan fingerprint density at radius 3 is 2.48 bits per heavy atom. The van der Waals surface area contributed by atoms with E-state index >= 15 is 0 Å². The first-order chi connectivity index (χ1) is 14.3. The number of carbonyl (C=O) groups is 1. The molecule has 0 saturated carbocycles. The van der Waals surface area contributed by atoms with Crippen molar-refractivity contribution in [3.05, 3.63) is 83.8 Å². The lowest BCUT2D eigenvalue weighted by Crippen LogP contribution is -2.36. The Kier molecular flexibility index (Phi) is 5.73. The van der Waals surface area contributed by atoms with Gasteiger partial charge in [-0.15, -0.1) is 0 Å². The van der Waals surface area contributed by atoms with E-state index in [0.717, 1.165) is 30.0 Å². The van der Waals surface area contributed by atoms with Crippen LogP contribution in [0.4, 0.5) is 0 Å². The van der Waals surface area contributed by atoms with Crippen LogP contribution in [-0.2, 0) is 0 Å². The first-order valence-electron chi connectivity index (χ1n) is 9.92. The molecule has 1 saturated heterocycles. The van der Waals surface area contributed by atoms with Crippen molar-refractivity contribution in [3.8, 4) is 17.2 Å². The molecule has 1 aliphatic rings. The van der Waals surface area contributed by atoms with Gasteiger partial charge >= 0.3 is 0 Å². The van der Waals surface area contributed by atoms with Crippen LogP contribution in [0.2, 0.25) is 0 Å². The number of likely N-dealkylation sites (tertiary alicyclic amines) is 1. The molecule has 0 unspecified atom stereocenters. The van der Waals surface area contributed by atoms with Gasteiger partial charge in [0.25, 0.3) is 5.91 Å². The van der Waals surface area contributed by atoms with E-state index in [9.17, 15) is 10.1 Å². The molecule has 1 aliphatic heterocycles. The number of nitrogens with one attached hydrogen (secondary N) is 1. The fraction of sp³-hybridized carbons (Fsp3) is 0.250. The quantitative estimate of drug-likeness (QED) is 0.683. The van der Waals surface area contributed by atoms with E-state index in [2.05, 4.69) is 16.3 Å². The van der Waals surface area contributed by atoms with E-state index in [4.69, 9.17) is 4.42 Å². The highest BCUT2D eigenvalue weighted by molar-refractivity contribution is 6.01. The highest BCUT2D eigenvalue weighted by Crippen LogP contribution is 2.28. The molecule has 1 atom stereocenters. The minimum absolute atomic E-state index is 0.0232. The summed E-state index contributed by atoms with van der Waals surface area (Å²) in [6, 6.07) is 20.9. The summed E-state index contributed by atoms with van der Waals surface area (Å²) in [7, 11) is 0. The summed E-state index contributed by atoms with van der Waals surface area (Å²) in [6.45, 7) is 2.49. The molecule has 29 heavy (non-hydrogen) atoms. The Morgan fingerprint density at radius 2 is 1.76 bits per heavy atom. The van der Waals surface area contributed by atoms with E-state index in [1.165, 1.54) is 12.8 Å². The Balaban J connectivity index is 1.57. The number of rotatable bonds is 6. The molecule has 3 aromatic rings. The molecular weight excluding hydrogens is 362 g/mol. The fourth-order valence-electron chi connectivity index (χ4n) is 3.96.